The molecular weight excluding hydrogens is 454 g/mol. The third kappa shape index (κ3) is 5.79. The summed E-state index contributed by atoms with van der Waals surface area (Å²) in [5, 5.41) is 14.0. The highest BCUT2D eigenvalue weighted by atomic mass is 32.2. The molecule has 3 atom stereocenters. The number of methoxy groups -OCH3 is 1. The number of morpholine rings is 1. The molecule has 33 heavy (non-hydrogen) atoms. The zero-order valence-electron chi connectivity index (χ0n) is 19.3. The van der Waals surface area contributed by atoms with Gasteiger partial charge in [0, 0.05) is 39.3 Å². The average molecular weight is 486 g/mol. The highest BCUT2D eigenvalue weighted by Crippen LogP contribution is 2.29. The van der Waals surface area contributed by atoms with Gasteiger partial charge in [0.15, 0.2) is 0 Å². The van der Waals surface area contributed by atoms with Gasteiger partial charge in [-0.25, -0.2) is 0 Å². The van der Waals surface area contributed by atoms with Crippen LogP contribution in [0, 0.1) is 10.1 Å². The van der Waals surface area contributed by atoms with Crippen molar-refractivity contribution in [3.8, 4) is 5.75 Å². The lowest BCUT2D eigenvalue weighted by molar-refractivity contribution is -0.384. The number of piperazine rings is 1. The van der Waals surface area contributed by atoms with E-state index in [1.54, 1.807) is 6.92 Å². The lowest BCUT2D eigenvalue weighted by atomic mass is 10.2. The first-order chi connectivity index (χ1) is 15.5. The van der Waals surface area contributed by atoms with Crippen LogP contribution in [0.4, 0.5) is 11.4 Å². The third-order valence-electron chi connectivity index (χ3n) is 5.90. The standard InChI is InChI=1S/C20H31N5O7S/c1-14-12-24(13-15(2)32-14)33(29,30)23-9-7-22(8-10-23)16(3)20(26)21-18-6-5-17(31-4)11-19(18)25(27)28/h5-6,11,14-16H,7-10,12-13H2,1-4H3,(H,21,26). The Morgan fingerprint density at radius 2 is 1.79 bits per heavy atom. The molecule has 0 bridgehead atoms. The van der Waals surface area contributed by atoms with Gasteiger partial charge in [-0.15, -0.1) is 0 Å². The summed E-state index contributed by atoms with van der Waals surface area (Å²) in [5.74, 6) is -0.0930. The van der Waals surface area contributed by atoms with Gasteiger partial charge in [0.05, 0.1) is 36.3 Å². The molecule has 0 aromatic heterocycles. The maximum absolute atomic E-state index is 13.1. The van der Waals surface area contributed by atoms with E-state index in [4.69, 9.17) is 9.47 Å². The Hall–Kier alpha value is -2.32. The molecule has 13 heteroatoms. The van der Waals surface area contributed by atoms with Gasteiger partial charge in [-0.3, -0.25) is 19.8 Å². The molecule has 12 nitrogen and oxygen atoms in total. The summed E-state index contributed by atoms with van der Waals surface area (Å²) in [6, 6.07) is 3.61. The van der Waals surface area contributed by atoms with E-state index in [2.05, 4.69) is 5.32 Å². The van der Waals surface area contributed by atoms with Gasteiger partial charge in [-0.05, 0) is 32.9 Å². The quantitative estimate of drug-likeness (QED) is 0.445. The summed E-state index contributed by atoms with van der Waals surface area (Å²) in [7, 11) is -2.22. The number of benzene rings is 1. The van der Waals surface area contributed by atoms with Crippen LogP contribution in [-0.4, -0.2) is 97.4 Å². The fraction of sp³-hybridized carbons (Fsp3) is 0.650. The fourth-order valence-corrected chi connectivity index (χ4v) is 5.85. The predicted molar refractivity (Wildman–Crippen MR) is 121 cm³/mol. The number of rotatable bonds is 7. The van der Waals surface area contributed by atoms with Crippen molar-refractivity contribution in [2.45, 2.75) is 39.0 Å². The maximum Gasteiger partial charge on any atom is 0.296 e. The molecule has 0 spiro atoms. The second-order valence-electron chi connectivity index (χ2n) is 8.32. The van der Waals surface area contributed by atoms with Gasteiger partial charge in [0.2, 0.25) is 5.91 Å². The molecule has 0 aliphatic carbocycles. The Morgan fingerprint density at radius 1 is 1.18 bits per heavy atom. The normalized spacial score (nSPS) is 24.2. The zero-order chi connectivity index (χ0) is 24.3. The summed E-state index contributed by atoms with van der Waals surface area (Å²) in [6.45, 7) is 7.26. The van der Waals surface area contributed by atoms with Crippen molar-refractivity contribution >= 4 is 27.5 Å². The molecule has 2 heterocycles. The minimum atomic E-state index is -3.62. The van der Waals surface area contributed by atoms with Crippen molar-refractivity contribution in [3.05, 3.63) is 28.3 Å². The van der Waals surface area contributed by atoms with E-state index < -0.39 is 27.1 Å². The molecule has 1 aromatic rings. The van der Waals surface area contributed by atoms with Gasteiger partial charge in [0.1, 0.15) is 11.4 Å². The monoisotopic (exact) mass is 485 g/mol. The number of nitro groups is 1. The molecule has 0 saturated carbocycles. The molecule has 2 aliphatic rings. The van der Waals surface area contributed by atoms with Crippen LogP contribution < -0.4 is 10.1 Å². The van der Waals surface area contributed by atoms with E-state index in [1.807, 2.05) is 18.7 Å². The van der Waals surface area contributed by atoms with Crippen LogP contribution in [0.3, 0.4) is 0 Å². The Bertz CT molecular complexity index is 971. The number of nitrogens with one attached hydrogen (secondary N) is 1. The first-order valence-corrected chi connectivity index (χ1v) is 12.2. The van der Waals surface area contributed by atoms with E-state index in [-0.39, 0.29) is 36.7 Å². The predicted octanol–water partition coefficient (Wildman–Crippen LogP) is 0.902. The summed E-state index contributed by atoms with van der Waals surface area (Å²) >= 11 is 0. The highest BCUT2D eigenvalue weighted by Gasteiger charge is 2.38. The number of hydrogen-bond donors (Lipinski definition) is 1. The number of ether oxygens (including phenoxy) is 2. The van der Waals surface area contributed by atoms with Gasteiger partial charge >= 0.3 is 0 Å². The molecule has 1 aromatic carbocycles. The van der Waals surface area contributed by atoms with Crippen LogP contribution in [0.2, 0.25) is 0 Å². The molecule has 184 valence electrons. The van der Waals surface area contributed by atoms with Crippen molar-refractivity contribution < 1.29 is 27.6 Å². The van der Waals surface area contributed by atoms with E-state index in [9.17, 15) is 23.3 Å². The minimum Gasteiger partial charge on any atom is -0.496 e. The van der Waals surface area contributed by atoms with Crippen molar-refractivity contribution in [3.63, 3.8) is 0 Å². The van der Waals surface area contributed by atoms with Gasteiger partial charge in [-0.2, -0.15) is 17.0 Å². The summed E-state index contributed by atoms with van der Waals surface area (Å²) < 4.78 is 39.7. The fourth-order valence-electron chi connectivity index (χ4n) is 4.10. The van der Waals surface area contributed by atoms with Gasteiger partial charge < -0.3 is 14.8 Å². The van der Waals surface area contributed by atoms with Crippen LogP contribution in [0.1, 0.15) is 20.8 Å². The number of anilines is 1. The first-order valence-electron chi connectivity index (χ1n) is 10.8. The number of nitrogens with zero attached hydrogens (tertiary/aromatic N) is 4. The second kappa shape index (κ2) is 10.3. The first kappa shape index (κ1) is 25.3. The number of nitro benzene ring substituents is 1. The van der Waals surface area contributed by atoms with E-state index in [0.717, 1.165) is 0 Å². The maximum atomic E-state index is 13.1. The Labute approximate surface area is 193 Å². The lowest BCUT2D eigenvalue weighted by Gasteiger charge is -2.41. The van der Waals surface area contributed by atoms with Crippen LogP contribution in [0.25, 0.3) is 0 Å². The molecule has 1 N–H and O–H groups in total. The summed E-state index contributed by atoms with van der Waals surface area (Å²) in [5.41, 5.74) is -0.186. The van der Waals surface area contributed by atoms with Crippen molar-refractivity contribution in [2.24, 2.45) is 0 Å². The smallest absolute Gasteiger partial charge is 0.296 e. The highest BCUT2D eigenvalue weighted by molar-refractivity contribution is 7.86. The van der Waals surface area contributed by atoms with Crippen LogP contribution in [0.5, 0.6) is 5.75 Å². The Balaban J connectivity index is 1.61. The largest absolute Gasteiger partial charge is 0.496 e. The third-order valence-corrected chi connectivity index (χ3v) is 7.87. The summed E-state index contributed by atoms with van der Waals surface area (Å²) in [4.78, 5) is 25.4. The van der Waals surface area contributed by atoms with Gasteiger partial charge in [-0.1, -0.05) is 0 Å². The molecule has 2 fully saturated rings. The van der Waals surface area contributed by atoms with Crippen LogP contribution in [-0.2, 0) is 19.7 Å². The molecule has 3 rings (SSSR count). The number of carbonyl (C=O) groups is 1. The van der Waals surface area contributed by atoms with Crippen molar-refractivity contribution in [1.29, 1.82) is 0 Å². The van der Waals surface area contributed by atoms with E-state index >= 15 is 0 Å². The Morgan fingerprint density at radius 3 is 2.33 bits per heavy atom. The topological polar surface area (TPSA) is 135 Å². The molecule has 2 aliphatic heterocycles. The zero-order valence-corrected chi connectivity index (χ0v) is 20.1. The SMILES string of the molecule is COc1ccc(NC(=O)C(C)N2CCN(S(=O)(=O)N3CC(C)OC(C)C3)CC2)c([N+](=O)[O-])c1. The molecule has 1 amide bonds. The molecule has 0 radical (unpaired) electrons. The Kier molecular flexibility index (Phi) is 7.90. The lowest BCUT2D eigenvalue weighted by Crippen LogP contribution is -2.58. The number of carbonyl (C=O) groups excluding carboxylic acids is 1. The summed E-state index contributed by atoms with van der Waals surface area (Å²) in [6.07, 6.45) is -0.342. The van der Waals surface area contributed by atoms with Crippen molar-refractivity contribution in [1.82, 2.24) is 13.5 Å². The van der Waals surface area contributed by atoms with Crippen LogP contribution in [0.15, 0.2) is 18.2 Å². The van der Waals surface area contributed by atoms with Crippen LogP contribution >= 0.6 is 0 Å². The molecule has 3 unspecified atom stereocenters. The number of amides is 1. The second-order valence-corrected chi connectivity index (χ2v) is 10.3. The van der Waals surface area contributed by atoms with E-state index in [1.165, 1.54) is 33.9 Å². The van der Waals surface area contributed by atoms with Gasteiger partial charge in [0.25, 0.3) is 15.9 Å². The number of hydrogen-bond acceptors (Lipinski definition) is 8. The van der Waals surface area contributed by atoms with E-state index in [0.29, 0.717) is 31.9 Å². The minimum absolute atomic E-state index is 0.0782. The molecule has 2 saturated heterocycles. The molecular formula is C20H31N5O7S. The average Bonchev–Trinajstić information content (AvgIpc) is 2.78. The van der Waals surface area contributed by atoms with Crippen molar-refractivity contribution in [2.75, 3.05) is 51.7 Å².